The summed E-state index contributed by atoms with van der Waals surface area (Å²) in [5.74, 6) is -1.70. The third kappa shape index (κ3) is 10.2. The fourth-order valence-electron chi connectivity index (χ4n) is 13.7. The van der Waals surface area contributed by atoms with E-state index in [1.807, 2.05) is 39.6 Å². The predicted octanol–water partition coefficient (Wildman–Crippen LogP) is 5.43. The first kappa shape index (κ1) is 54.4. The van der Waals surface area contributed by atoms with Crippen LogP contribution < -0.4 is 20.6 Å². The Balaban J connectivity index is 0.671. The second-order valence-corrected chi connectivity index (χ2v) is 23.0. The zero-order valence-electron chi connectivity index (χ0n) is 46.7. The molecule has 7 aromatic rings. The van der Waals surface area contributed by atoms with E-state index in [1.54, 1.807) is 28.6 Å². The fourth-order valence-corrected chi connectivity index (χ4v) is 13.7. The molecule has 4 amide bonds. The summed E-state index contributed by atoms with van der Waals surface area (Å²) in [4.78, 5) is 90.2. The number of halogens is 2. The number of morpholine rings is 1. The average Bonchev–Trinajstić information content (AvgIpc) is 3.53. The molecule has 0 radical (unpaired) electrons. The number of aromatic nitrogens is 7. The number of carbonyl (C=O) groups is 4. The van der Waals surface area contributed by atoms with Gasteiger partial charge in [-0.25, -0.2) is 13.6 Å². The SMILES string of the molecule is CCc1c(F)ccc2cc(O)cc(-c3ncc4c(N5CCCn6nc(C(=O)N7CCN(C(=O)CN8CCC(c9ccc%10c(c9)n(C)c(=O)n%10C9CCC(=O)NC9=O)CC8)CC7)cc6C5)nc(OCCCN5C6CCC5COC6)nc4c3F)c12. The Bertz CT molecular complexity index is 3780. The summed E-state index contributed by atoms with van der Waals surface area (Å²) >= 11 is 0. The van der Waals surface area contributed by atoms with Crippen molar-refractivity contribution in [3.05, 3.63) is 99.4 Å². The summed E-state index contributed by atoms with van der Waals surface area (Å²) in [5.41, 5.74) is 3.72. The van der Waals surface area contributed by atoms with Crippen LogP contribution in [0, 0.1) is 11.6 Å². The molecular formula is C60H67F2N13O8. The first-order valence-electron chi connectivity index (χ1n) is 29.2. The number of rotatable bonds is 13. The van der Waals surface area contributed by atoms with Gasteiger partial charge in [0.2, 0.25) is 17.7 Å². The Kier molecular flexibility index (Phi) is 14.6. The number of pyridine rings is 1. The standard InChI is InChI=1S/C60H67F2N13O8/c1-3-42-45(61)10-6-37-26-41(76)29-43(52(37)42)54-53(62)55-44(30-63-54)56(66-59(65-55)83-25-5-17-73-38-8-9-39(73)34-82-33-38)72-16-4-18-74-40(31-72)28-46(67-74)58(80)71-23-21-70(22-24-71)51(78)32-69-19-14-35(15-20-69)36-7-11-47-49(27-36)68(2)60(81)75(47)48-12-13-50(77)64-57(48)79/h6-7,10-11,26-30,35,38-39,48,76H,3-5,8-9,12-25,31-34H2,1-2H3,(H,64,77,79). The minimum absolute atomic E-state index is 0.00573. The highest BCUT2D eigenvalue weighted by Gasteiger charge is 2.38. The van der Waals surface area contributed by atoms with Gasteiger partial charge in [0.05, 0.1) is 55.0 Å². The normalized spacial score (nSPS) is 21.1. The number of aryl methyl sites for hydroxylation is 3. The van der Waals surface area contributed by atoms with Crippen molar-refractivity contribution in [2.75, 3.05) is 83.6 Å². The van der Waals surface area contributed by atoms with Crippen molar-refractivity contribution in [3.63, 3.8) is 0 Å². The Hall–Kier alpha value is -7.89. The molecule has 0 spiro atoms. The fraction of sp³-hybridized carbons (Fsp3) is 0.483. The second-order valence-electron chi connectivity index (χ2n) is 23.0. The van der Waals surface area contributed by atoms with Crippen molar-refractivity contribution in [1.29, 1.82) is 0 Å². The number of nitrogens with one attached hydrogen (secondary N) is 1. The van der Waals surface area contributed by atoms with Gasteiger partial charge in [-0.15, -0.1) is 0 Å². The van der Waals surface area contributed by atoms with Gasteiger partial charge in [-0.1, -0.05) is 19.1 Å². The Labute approximate surface area is 476 Å². The lowest BCUT2D eigenvalue weighted by Gasteiger charge is -2.37. The summed E-state index contributed by atoms with van der Waals surface area (Å²) in [6.45, 7) is 8.90. The van der Waals surface area contributed by atoms with E-state index >= 15 is 8.78 Å². The molecule has 3 aromatic carbocycles. The highest BCUT2D eigenvalue weighted by Crippen LogP contribution is 2.40. The van der Waals surface area contributed by atoms with E-state index in [1.165, 1.54) is 29.0 Å². The van der Waals surface area contributed by atoms with Crippen LogP contribution in [0.2, 0.25) is 0 Å². The topological polar surface area (TPSA) is 219 Å². The molecule has 3 atom stereocenters. The third-order valence-corrected chi connectivity index (χ3v) is 18.1. The molecule has 13 rings (SSSR count). The molecule has 0 saturated carbocycles. The van der Waals surface area contributed by atoms with Crippen molar-refractivity contribution >= 4 is 62.2 Å². The minimum atomic E-state index is -0.765. The molecule has 10 heterocycles. The van der Waals surface area contributed by atoms with Gasteiger partial charge in [-0.05, 0) is 129 Å². The lowest BCUT2D eigenvalue weighted by molar-refractivity contribution is -0.136. The average molecular weight is 1140 g/mol. The van der Waals surface area contributed by atoms with Gasteiger partial charge in [-0.3, -0.25) is 53.1 Å². The lowest BCUT2D eigenvalue weighted by atomic mass is 9.89. The molecule has 5 fully saturated rings. The number of ether oxygens (including phenoxy) is 2. The number of imidazole rings is 1. The van der Waals surface area contributed by atoms with Gasteiger partial charge in [-0.2, -0.15) is 15.1 Å². The van der Waals surface area contributed by atoms with E-state index in [4.69, 9.17) is 19.6 Å². The van der Waals surface area contributed by atoms with Crippen LogP contribution in [0.15, 0.2) is 59.5 Å². The molecule has 434 valence electrons. The molecule has 0 aliphatic carbocycles. The quantitative estimate of drug-likeness (QED) is 0.109. The Morgan fingerprint density at radius 3 is 2.42 bits per heavy atom. The molecule has 23 heteroatoms. The van der Waals surface area contributed by atoms with Crippen LogP contribution >= 0.6 is 0 Å². The summed E-state index contributed by atoms with van der Waals surface area (Å²) in [7, 11) is 1.70. The minimum Gasteiger partial charge on any atom is -0.508 e. The number of piperazine rings is 1. The number of hydrogen-bond donors (Lipinski definition) is 2. The van der Waals surface area contributed by atoms with E-state index < -0.39 is 23.6 Å². The van der Waals surface area contributed by atoms with Crippen molar-refractivity contribution < 1.29 is 42.5 Å². The first-order chi connectivity index (χ1) is 40.3. The van der Waals surface area contributed by atoms with Gasteiger partial charge in [0, 0.05) is 83.1 Å². The number of anilines is 1. The summed E-state index contributed by atoms with van der Waals surface area (Å²) in [6.07, 6.45) is 7.49. The number of hydrogen-bond acceptors (Lipinski definition) is 15. The smallest absolute Gasteiger partial charge is 0.329 e. The number of aromatic hydroxyl groups is 1. The zero-order chi connectivity index (χ0) is 57.2. The number of nitrogens with zero attached hydrogens (tertiary/aromatic N) is 12. The molecule has 4 aromatic heterocycles. The van der Waals surface area contributed by atoms with Crippen molar-refractivity contribution in [2.24, 2.45) is 7.05 Å². The molecule has 2 bridgehead atoms. The maximum atomic E-state index is 17.4. The number of piperidine rings is 2. The van der Waals surface area contributed by atoms with Gasteiger partial charge < -0.3 is 29.3 Å². The summed E-state index contributed by atoms with van der Waals surface area (Å²) in [6, 6.07) is 13.6. The molecule has 6 aliphatic rings. The predicted molar refractivity (Wildman–Crippen MR) is 303 cm³/mol. The van der Waals surface area contributed by atoms with E-state index in [9.17, 15) is 29.1 Å². The number of benzene rings is 3. The molecule has 21 nitrogen and oxygen atoms in total. The van der Waals surface area contributed by atoms with Gasteiger partial charge in [0.1, 0.15) is 34.6 Å². The maximum Gasteiger partial charge on any atom is 0.329 e. The van der Waals surface area contributed by atoms with Crippen molar-refractivity contribution in [2.45, 2.75) is 102 Å². The molecule has 3 unspecified atom stereocenters. The Morgan fingerprint density at radius 1 is 0.867 bits per heavy atom. The molecule has 6 aliphatic heterocycles. The molecular weight excluding hydrogens is 1070 g/mol. The molecule has 5 saturated heterocycles. The maximum absolute atomic E-state index is 17.4. The third-order valence-electron chi connectivity index (χ3n) is 18.1. The van der Waals surface area contributed by atoms with Gasteiger partial charge in [0.25, 0.3) is 5.91 Å². The zero-order valence-corrected chi connectivity index (χ0v) is 46.7. The van der Waals surface area contributed by atoms with Crippen LogP contribution in [0.1, 0.15) is 97.6 Å². The van der Waals surface area contributed by atoms with Crippen LogP contribution in [0.5, 0.6) is 11.8 Å². The van der Waals surface area contributed by atoms with Crippen molar-refractivity contribution in [3.8, 4) is 23.0 Å². The summed E-state index contributed by atoms with van der Waals surface area (Å²) < 4.78 is 49.7. The van der Waals surface area contributed by atoms with Crippen LogP contribution in [0.25, 0.3) is 44.0 Å². The van der Waals surface area contributed by atoms with E-state index in [2.05, 4.69) is 25.1 Å². The van der Waals surface area contributed by atoms with Gasteiger partial charge >= 0.3 is 11.7 Å². The molecule has 83 heavy (non-hydrogen) atoms. The molecule has 2 N–H and O–H groups in total. The van der Waals surface area contributed by atoms with Crippen molar-refractivity contribution in [1.82, 2.24) is 58.8 Å². The van der Waals surface area contributed by atoms with Crippen LogP contribution in [-0.4, -0.2) is 173 Å². The largest absolute Gasteiger partial charge is 0.508 e. The highest BCUT2D eigenvalue weighted by atomic mass is 19.1. The Morgan fingerprint density at radius 2 is 1.65 bits per heavy atom. The van der Waals surface area contributed by atoms with Crippen LogP contribution in [-0.2, 0) is 45.7 Å². The highest BCUT2D eigenvalue weighted by molar-refractivity contribution is 6.02. The van der Waals surface area contributed by atoms with Gasteiger partial charge in [0.15, 0.2) is 11.5 Å². The number of carbonyl (C=O) groups excluding carboxylic acids is 4. The van der Waals surface area contributed by atoms with E-state index in [0.29, 0.717) is 109 Å². The monoisotopic (exact) mass is 1140 g/mol. The van der Waals surface area contributed by atoms with E-state index in [0.717, 1.165) is 75.3 Å². The number of likely N-dealkylation sites (tertiary alicyclic amines) is 1. The number of phenolic OH excluding ortho intramolecular Hbond substituents is 1. The number of amides is 4. The number of fused-ring (bicyclic) bond motifs is 6. The number of imide groups is 1. The first-order valence-corrected chi connectivity index (χ1v) is 29.2. The second kappa shape index (κ2) is 22.4. The number of phenols is 1. The summed E-state index contributed by atoms with van der Waals surface area (Å²) in [5, 5.41) is 19.3. The van der Waals surface area contributed by atoms with Crippen LogP contribution in [0.4, 0.5) is 14.6 Å². The van der Waals surface area contributed by atoms with E-state index in [-0.39, 0.29) is 90.4 Å². The van der Waals surface area contributed by atoms with Crippen LogP contribution in [0.3, 0.4) is 0 Å². The lowest BCUT2D eigenvalue weighted by Crippen LogP contribution is -2.53.